The standard InChI is InChI=1S/C41H48N2O5/c1-2-10-32-25-35-39(41(48)43(40(35)47)33-19-21-42(22-20-33)26-28-11-5-3-6-12-28)36(27-44)38(32)37(46)18-17-31(30-14-7-4-8-15-30)23-29-13-9-16-34(45)24-29/h3-9,11-16,23-24,33,35-37,39,44-46H,2,10,17-22,25-27H2,1H3/b31-23-/t35-,36+,37-,39-/m1/s1. The van der Waals surface area contributed by atoms with E-state index in [9.17, 15) is 24.9 Å². The van der Waals surface area contributed by atoms with Crippen LogP contribution in [0.4, 0.5) is 0 Å². The van der Waals surface area contributed by atoms with Gasteiger partial charge in [0.05, 0.1) is 24.5 Å². The molecule has 2 heterocycles. The average Bonchev–Trinajstić information content (AvgIpc) is 3.35. The Balaban J connectivity index is 1.19. The van der Waals surface area contributed by atoms with E-state index in [0.29, 0.717) is 19.3 Å². The van der Waals surface area contributed by atoms with E-state index < -0.39 is 23.9 Å². The number of fused-ring (bicyclic) bond motifs is 1. The third kappa shape index (κ3) is 7.34. The van der Waals surface area contributed by atoms with Gasteiger partial charge in [0.2, 0.25) is 11.8 Å². The van der Waals surface area contributed by atoms with Gasteiger partial charge in [0.15, 0.2) is 0 Å². The van der Waals surface area contributed by atoms with Gasteiger partial charge in [0.25, 0.3) is 0 Å². The molecule has 1 aliphatic carbocycles. The molecule has 2 aliphatic heterocycles. The van der Waals surface area contributed by atoms with Crippen LogP contribution in [-0.2, 0) is 16.1 Å². The summed E-state index contributed by atoms with van der Waals surface area (Å²) in [7, 11) is 0. The number of benzene rings is 3. The van der Waals surface area contributed by atoms with Crippen molar-refractivity contribution < 1.29 is 24.9 Å². The van der Waals surface area contributed by atoms with Crippen LogP contribution < -0.4 is 0 Å². The summed E-state index contributed by atoms with van der Waals surface area (Å²) in [6.07, 6.45) is 5.64. The summed E-state index contributed by atoms with van der Waals surface area (Å²) in [6, 6.07) is 27.3. The second kappa shape index (κ2) is 15.5. The van der Waals surface area contributed by atoms with E-state index in [1.807, 2.05) is 66.7 Å². The summed E-state index contributed by atoms with van der Waals surface area (Å²) in [5, 5.41) is 32.7. The molecule has 3 aromatic rings. The van der Waals surface area contributed by atoms with E-state index >= 15 is 0 Å². The van der Waals surface area contributed by atoms with Crippen LogP contribution in [-0.4, -0.2) is 68.8 Å². The van der Waals surface area contributed by atoms with E-state index in [4.69, 9.17) is 0 Å². The molecular formula is C41H48N2O5. The molecule has 7 nitrogen and oxygen atoms in total. The molecule has 0 radical (unpaired) electrons. The van der Waals surface area contributed by atoms with Crippen molar-refractivity contribution in [3.05, 3.63) is 113 Å². The van der Waals surface area contributed by atoms with Crippen LogP contribution >= 0.6 is 0 Å². The molecule has 4 atom stereocenters. The van der Waals surface area contributed by atoms with E-state index in [-0.39, 0.29) is 30.2 Å². The first-order valence-corrected chi connectivity index (χ1v) is 17.6. The minimum atomic E-state index is -0.862. The summed E-state index contributed by atoms with van der Waals surface area (Å²) < 4.78 is 0. The molecule has 0 aromatic heterocycles. The molecule has 2 saturated heterocycles. The molecular weight excluding hydrogens is 600 g/mol. The smallest absolute Gasteiger partial charge is 0.234 e. The van der Waals surface area contributed by atoms with Crippen molar-refractivity contribution in [1.82, 2.24) is 9.80 Å². The molecule has 0 unspecified atom stereocenters. The number of carbonyl (C=O) groups excluding carboxylic acids is 2. The van der Waals surface area contributed by atoms with Crippen molar-refractivity contribution in [2.45, 2.75) is 70.6 Å². The van der Waals surface area contributed by atoms with Gasteiger partial charge in [-0.15, -0.1) is 0 Å². The van der Waals surface area contributed by atoms with Crippen molar-refractivity contribution >= 4 is 23.5 Å². The number of phenols is 1. The topological polar surface area (TPSA) is 101 Å². The number of allylic oxidation sites excluding steroid dienone is 2. The predicted octanol–water partition coefficient (Wildman–Crippen LogP) is 6.45. The largest absolute Gasteiger partial charge is 0.508 e. The quantitative estimate of drug-likeness (QED) is 0.119. The number of imide groups is 1. The average molecular weight is 649 g/mol. The van der Waals surface area contributed by atoms with Gasteiger partial charge in [0.1, 0.15) is 5.75 Å². The van der Waals surface area contributed by atoms with Gasteiger partial charge in [-0.3, -0.25) is 19.4 Å². The number of hydrogen-bond acceptors (Lipinski definition) is 6. The lowest BCUT2D eigenvalue weighted by molar-refractivity contribution is -0.144. The van der Waals surface area contributed by atoms with Crippen LogP contribution in [0.5, 0.6) is 5.75 Å². The fourth-order valence-corrected chi connectivity index (χ4v) is 8.27. The first kappa shape index (κ1) is 33.8. The summed E-state index contributed by atoms with van der Waals surface area (Å²) in [4.78, 5) is 32.1. The Morgan fingerprint density at radius 2 is 1.65 bits per heavy atom. The molecule has 0 saturated carbocycles. The Morgan fingerprint density at radius 3 is 2.31 bits per heavy atom. The molecule has 2 amide bonds. The number of rotatable bonds is 12. The van der Waals surface area contributed by atoms with Crippen LogP contribution in [0, 0.1) is 17.8 Å². The highest BCUT2D eigenvalue weighted by Crippen LogP contribution is 2.48. The fourth-order valence-electron chi connectivity index (χ4n) is 8.27. The van der Waals surface area contributed by atoms with Crippen molar-refractivity contribution in [1.29, 1.82) is 0 Å². The van der Waals surface area contributed by atoms with E-state index in [0.717, 1.165) is 73.2 Å². The van der Waals surface area contributed by atoms with Crippen molar-refractivity contribution in [3.8, 4) is 5.75 Å². The van der Waals surface area contributed by atoms with E-state index in [1.165, 1.54) is 5.56 Å². The summed E-state index contributed by atoms with van der Waals surface area (Å²) in [6.45, 7) is 4.29. The van der Waals surface area contributed by atoms with Crippen molar-refractivity contribution in [2.24, 2.45) is 17.8 Å². The highest BCUT2D eigenvalue weighted by atomic mass is 16.3. The maximum absolute atomic E-state index is 14.2. The monoisotopic (exact) mass is 648 g/mol. The second-order valence-electron chi connectivity index (χ2n) is 13.7. The first-order chi connectivity index (χ1) is 23.4. The van der Waals surface area contributed by atoms with Crippen molar-refractivity contribution in [3.63, 3.8) is 0 Å². The van der Waals surface area contributed by atoms with Gasteiger partial charge < -0.3 is 15.3 Å². The van der Waals surface area contributed by atoms with Gasteiger partial charge in [-0.05, 0) is 78.5 Å². The normalized spacial score (nSPS) is 23.1. The maximum Gasteiger partial charge on any atom is 0.234 e. The third-order valence-electron chi connectivity index (χ3n) is 10.5. The number of likely N-dealkylation sites (tertiary alicyclic amines) is 2. The Labute approximate surface area is 284 Å². The van der Waals surface area contributed by atoms with Crippen LogP contribution in [0.1, 0.15) is 68.6 Å². The van der Waals surface area contributed by atoms with Gasteiger partial charge in [-0.2, -0.15) is 0 Å². The summed E-state index contributed by atoms with van der Waals surface area (Å²) in [5.74, 6) is -1.82. The van der Waals surface area contributed by atoms with Crippen molar-refractivity contribution in [2.75, 3.05) is 19.7 Å². The zero-order valence-electron chi connectivity index (χ0n) is 27.9. The number of hydrogen-bond donors (Lipinski definition) is 3. The highest BCUT2D eigenvalue weighted by molar-refractivity contribution is 6.06. The maximum atomic E-state index is 14.2. The third-order valence-corrected chi connectivity index (χ3v) is 10.5. The van der Waals surface area contributed by atoms with E-state index in [1.54, 1.807) is 17.0 Å². The number of nitrogens with zero attached hydrogens (tertiary/aromatic N) is 2. The molecule has 2 fully saturated rings. The number of aliphatic hydroxyl groups is 2. The Morgan fingerprint density at radius 1 is 0.938 bits per heavy atom. The Hall–Kier alpha value is -4.04. The molecule has 6 rings (SSSR count). The number of carbonyl (C=O) groups is 2. The highest BCUT2D eigenvalue weighted by Gasteiger charge is 2.56. The van der Waals surface area contributed by atoms with Crippen LogP contribution in [0.25, 0.3) is 11.6 Å². The molecule has 252 valence electrons. The molecule has 0 spiro atoms. The molecule has 3 aliphatic rings. The fraction of sp³-hybridized carbons (Fsp3) is 0.415. The lowest BCUT2D eigenvalue weighted by atomic mass is 9.67. The number of aromatic hydroxyl groups is 1. The lowest BCUT2D eigenvalue weighted by Gasteiger charge is -2.37. The molecule has 48 heavy (non-hydrogen) atoms. The van der Waals surface area contributed by atoms with E-state index in [2.05, 4.69) is 24.0 Å². The first-order valence-electron chi connectivity index (χ1n) is 17.6. The number of aliphatic hydroxyl groups excluding tert-OH is 2. The van der Waals surface area contributed by atoms with Gasteiger partial charge >= 0.3 is 0 Å². The molecule has 3 N–H and O–H groups in total. The Kier molecular flexibility index (Phi) is 10.9. The predicted molar refractivity (Wildman–Crippen MR) is 188 cm³/mol. The van der Waals surface area contributed by atoms with Gasteiger partial charge in [-0.1, -0.05) is 97.8 Å². The molecule has 0 bridgehead atoms. The van der Waals surface area contributed by atoms with Gasteiger partial charge in [-0.25, -0.2) is 0 Å². The van der Waals surface area contributed by atoms with Crippen LogP contribution in [0.15, 0.2) is 96.1 Å². The zero-order valence-corrected chi connectivity index (χ0v) is 27.9. The van der Waals surface area contributed by atoms with Crippen LogP contribution in [0.3, 0.4) is 0 Å². The SMILES string of the molecule is CCCC1=C([C@H](O)CC/C(=C/c2cccc(O)c2)c2ccccc2)[C@H](CO)[C@@H]2C(=O)N(C3CCN(Cc4ccccc4)CC3)C(=O)[C@@H]2C1. The Bertz CT molecular complexity index is 1630. The summed E-state index contributed by atoms with van der Waals surface area (Å²) in [5.41, 5.74) is 5.94. The number of phenolic OH excluding ortho intramolecular Hbond substituents is 1. The lowest BCUT2D eigenvalue weighted by Crippen LogP contribution is -2.47. The second-order valence-corrected chi connectivity index (χ2v) is 13.7. The number of piperidine rings is 1. The molecule has 7 heteroatoms. The minimum Gasteiger partial charge on any atom is -0.508 e. The molecule has 3 aromatic carbocycles. The minimum absolute atomic E-state index is 0.104. The van der Waals surface area contributed by atoms with Gasteiger partial charge in [0, 0.05) is 31.6 Å². The summed E-state index contributed by atoms with van der Waals surface area (Å²) >= 11 is 0. The zero-order chi connectivity index (χ0) is 33.6. The number of amides is 2. The van der Waals surface area contributed by atoms with Crippen LogP contribution in [0.2, 0.25) is 0 Å².